The molecule has 1 aliphatic carbocycles. The first kappa shape index (κ1) is 15.3. The highest BCUT2D eigenvalue weighted by Gasteiger charge is 2.20. The average Bonchev–Trinajstić information content (AvgIpc) is 2.17. The molecule has 1 fully saturated rings. The van der Waals surface area contributed by atoms with Gasteiger partial charge in [0.2, 0.25) is 0 Å². The van der Waals surface area contributed by atoms with Gasteiger partial charge in [0.25, 0.3) is 0 Å². The lowest BCUT2D eigenvalue weighted by Gasteiger charge is -2.27. The SMILES string of the molecule is CCC(CNCC1CCC1)NC(=O)OC(C)(C)C. The summed E-state index contributed by atoms with van der Waals surface area (Å²) in [4.78, 5) is 11.6. The number of carbonyl (C=O) groups excluding carboxylic acids is 1. The summed E-state index contributed by atoms with van der Waals surface area (Å²) in [7, 11) is 0. The normalized spacial score (nSPS) is 18.0. The van der Waals surface area contributed by atoms with Crippen LogP contribution in [0.4, 0.5) is 4.79 Å². The van der Waals surface area contributed by atoms with E-state index in [0.717, 1.165) is 25.4 Å². The van der Waals surface area contributed by atoms with Crippen molar-refractivity contribution in [2.24, 2.45) is 5.92 Å². The Morgan fingerprint density at radius 3 is 2.50 bits per heavy atom. The van der Waals surface area contributed by atoms with E-state index in [0.29, 0.717) is 0 Å². The zero-order valence-corrected chi connectivity index (χ0v) is 12.2. The van der Waals surface area contributed by atoms with Crippen LogP contribution in [0.25, 0.3) is 0 Å². The maximum Gasteiger partial charge on any atom is 0.407 e. The van der Waals surface area contributed by atoms with Crippen LogP contribution >= 0.6 is 0 Å². The third-order valence-electron chi connectivity index (χ3n) is 3.26. The van der Waals surface area contributed by atoms with Crippen LogP contribution in [0.15, 0.2) is 0 Å². The van der Waals surface area contributed by atoms with Gasteiger partial charge in [-0.3, -0.25) is 0 Å². The third-order valence-corrected chi connectivity index (χ3v) is 3.26. The van der Waals surface area contributed by atoms with Crippen molar-refractivity contribution >= 4 is 6.09 Å². The van der Waals surface area contributed by atoms with Crippen molar-refractivity contribution in [3.05, 3.63) is 0 Å². The number of alkyl carbamates (subject to hydrolysis) is 1. The number of carbonyl (C=O) groups is 1. The van der Waals surface area contributed by atoms with Gasteiger partial charge in [-0.15, -0.1) is 0 Å². The Morgan fingerprint density at radius 1 is 1.39 bits per heavy atom. The Morgan fingerprint density at radius 2 is 2.06 bits per heavy atom. The van der Waals surface area contributed by atoms with Gasteiger partial charge >= 0.3 is 6.09 Å². The third kappa shape index (κ3) is 6.24. The molecule has 0 heterocycles. The largest absolute Gasteiger partial charge is 0.444 e. The van der Waals surface area contributed by atoms with E-state index in [2.05, 4.69) is 17.6 Å². The number of nitrogens with one attached hydrogen (secondary N) is 2. The summed E-state index contributed by atoms with van der Waals surface area (Å²) in [5, 5.41) is 6.35. The van der Waals surface area contributed by atoms with E-state index >= 15 is 0 Å². The highest BCUT2D eigenvalue weighted by atomic mass is 16.6. The molecule has 1 saturated carbocycles. The fourth-order valence-corrected chi connectivity index (χ4v) is 1.93. The molecule has 0 aliphatic heterocycles. The van der Waals surface area contributed by atoms with Gasteiger partial charge in [0.15, 0.2) is 0 Å². The number of amides is 1. The molecular formula is C14H28N2O2. The lowest BCUT2D eigenvalue weighted by molar-refractivity contribution is 0.0502. The zero-order chi connectivity index (χ0) is 13.6. The Labute approximate surface area is 111 Å². The molecule has 1 atom stereocenters. The monoisotopic (exact) mass is 256 g/mol. The summed E-state index contributed by atoms with van der Waals surface area (Å²) < 4.78 is 5.25. The minimum absolute atomic E-state index is 0.153. The van der Waals surface area contributed by atoms with Crippen LogP contribution in [0.1, 0.15) is 53.4 Å². The molecule has 0 radical (unpaired) electrons. The number of hydrogen-bond donors (Lipinski definition) is 2. The Hall–Kier alpha value is -0.770. The molecule has 0 bridgehead atoms. The van der Waals surface area contributed by atoms with Gasteiger partial charge in [0.05, 0.1) is 0 Å². The van der Waals surface area contributed by atoms with Crippen LogP contribution in [0.5, 0.6) is 0 Å². The van der Waals surface area contributed by atoms with Crippen LogP contribution in [0.3, 0.4) is 0 Å². The molecule has 4 nitrogen and oxygen atoms in total. The van der Waals surface area contributed by atoms with E-state index in [-0.39, 0.29) is 12.1 Å². The molecule has 0 aromatic rings. The van der Waals surface area contributed by atoms with Crippen molar-refractivity contribution in [3.8, 4) is 0 Å². The van der Waals surface area contributed by atoms with Crippen molar-refractivity contribution in [2.75, 3.05) is 13.1 Å². The Kier molecular flexibility index (Phi) is 5.93. The summed E-state index contributed by atoms with van der Waals surface area (Å²) in [6, 6.07) is 0.153. The molecular weight excluding hydrogens is 228 g/mol. The van der Waals surface area contributed by atoms with Crippen molar-refractivity contribution in [3.63, 3.8) is 0 Å². The summed E-state index contributed by atoms with van der Waals surface area (Å²) in [5.74, 6) is 0.851. The van der Waals surface area contributed by atoms with Gasteiger partial charge < -0.3 is 15.4 Å². The number of ether oxygens (including phenoxy) is 1. The van der Waals surface area contributed by atoms with Gasteiger partial charge in [-0.2, -0.15) is 0 Å². The lowest BCUT2D eigenvalue weighted by Crippen LogP contribution is -2.45. The van der Waals surface area contributed by atoms with E-state index in [4.69, 9.17) is 4.74 Å². The average molecular weight is 256 g/mol. The van der Waals surface area contributed by atoms with E-state index in [1.165, 1.54) is 19.3 Å². The molecule has 1 unspecified atom stereocenters. The first-order valence-corrected chi connectivity index (χ1v) is 7.11. The maximum absolute atomic E-state index is 11.6. The second-order valence-corrected chi connectivity index (χ2v) is 6.21. The molecule has 18 heavy (non-hydrogen) atoms. The predicted molar refractivity (Wildman–Crippen MR) is 73.7 cm³/mol. The summed E-state index contributed by atoms with van der Waals surface area (Å²) in [6.07, 6.45) is 4.67. The van der Waals surface area contributed by atoms with Crippen molar-refractivity contribution in [1.82, 2.24) is 10.6 Å². The van der Waals surface area contributed by atoms with Gasteiger partial charge in [0.1, 0.15) is 5.60 Å². The van der Waals surface area contributed by atoms with Crippen molar-refractivity contribution in [2.45, 2.75) is 65.0 Å². The molecule has 0 aromatic carbocycles. The van der Waals surface area contributed by atoms with Gasteiger partial charge in [-0.25, -0.2) is 4.79 Å². The Bertz CT molecular complexity index is 257. The molecule has 0 saturated heterocycles. The molecule has 0 aromatic heterocycles. The van der Waals surface area contributed by atoms with Gasteiger partial charge in [0, 0.05) is 12.6 Å². The quantitative estimate of drug-likeness (QED) is 0.768. The van der Waals surface area contributed by atoms with Crippen molar-refractivity contribution in [1.29, 1.82) is 0 Å². The second kappa shape index (κ2) is 6.98. The molecule has 2 N–H and O–H groups in total. The lowest BCUT2D eigenvalue weighted by atomic mass is 9.85. The minimum Gasteiger partial charge on any atom is -0.444 e. The Balaban J connectivity index is 2.17. The van der Waals surface area contributed by atoms with Crippen LogP contribution < -0.4 is 10.6 Å². The summed E-state index contributed by atoms with van der Waals surface area (Å²) in [6.45, 7) is 9.61. The summed E-state index contributed by atoms with van der Waals surface area (Å²) in [5.41, 5.74) is -0.429. The molecule has 4 heteroatoms. The van der Waals surface area contributed by atoms with Gasteiger partial charge in [-0.05, 0) is 52.5 Å². The molecule has 106 valence electrons. The predicted octanol–water partition coefficient (Wildman–Crippen LogP) is 2.68. The second-order valence-electron chi connectivity index (χ2n) is 6.21. The fraction of sp³-hybridized carbons (Fsp3) is 0.929. The molecule has 1 rings (SSSR count). The zero-order valence-electron chi connectivity index (χ0n) is 12.2. The topological polar surface area (TPSA) is 50.4 Å². The van der Waals surface area contributed by atoms with E-state index in [1.54, 1.807) is 0 Å². The standard InChI is InChI=1S/C14H28N2O2/c1-5-12(10-15-9-11-7-6-8-11)16-13(17)18-14(2,3)4/h11-12,15H,5-10H2,1-4H3,(H,16,17). The number of rotatable bonds is 6. The first-order chi connectivity index (χ1) is 8.40. The van der Waals surface area contributed by atoms with Crippen LogP contribution in [-0.4, -0.2) is 30.8 Å². The first-order valence-electron chi connectivity index (χ1n) is 7.11. The minimum atomic E-state index is -0.429. The maximum atomic E-state index is 11.6. The van der Waals surface area contributed by atoms with Crippen LogP contribution in [0.2, 0.25) is 0 Å². The number of hydrogen-bond acceptors (Lipinski definition) is 3. The van der Waals surface area contributed by atoms with Crippen molar-refractivity contribution < 1.29 is 9.53 Å². The van der Waals surface area contributed by atoms with E-state index in [1.807, 2.05) is 20.8 Å². The molecule has 0 spiro atoms. The molecule has 1 amide bonds. The van der Waals surface area contributed by atoms with Crippen LogP contribution in [0, 0.1) is 5.92 Å². The van der Waals surface area contributed by atoms with Gasteiger partial charge in [-0.1, -0.05) is 13.3 Å². The fourth-order valence-electron chi connectivity index (χ4n) is 1.93. The highest BCUT2D eigenvalue weighted by molar-refractivity contribution is 5.68. The smallest absolute Gasteiger partial charge is 0.407 e. The highest BCUT2D eigenvalue weighted by Crippen LogP contribution is 2.25. The van der Waals surface area contributed by atoms with Crippen LogP contribution in [-0.2, 0) is 4.74 Å². The summed E-state index contributed by atoms with van der Waals surface area (Å²) >= 11 is 0. The van der Waals surface area contributed by atoms with E-state index in [9.17, 15) is 4.79 Å². The van der Waals surface area contributed by atoms with E-state index < -0.39 is 5.60 Å². The molecule has 1 aliphatic rings.